The molecule has 0 unspecified atom stereocenters. The summed E-state index contributed by atoms with van der Waals surface area (Å²) in [6.45, 7) is 5.04. The second kappa shape index (κ2) is 7.13. The van der Waals surface area contributed by atoms with E-state index in [9.17, 15) is 9.59 Å². The number of likely N-dealkylation sites (tertiary alicyclic amines) is 1. The van der Waals surface area contributed by atoms with Gasteiger partial charge in [-0.3, -0.25) is 4.79 Å². The van der Waals surface area contributed by atoms with Crippen LogP contribution in [0.2, 0.25) is 0 Å². The van der Waals surface area contributed by atoms with E-state index in [1.165, 1.54) is 4.90 Å². The average Bonchev–Trinajstić information content (AvgIpc) is 2.48. The van der Waals surface area contributed by atoms with Crippen molar-refractivity contribution in [1.29, 1.82) is 0 Å². The Labute approximate surface area is 138 Å². The van der Waals surface area contributed by atoms with Crippen molar-refractivity contribution in [2.45, 2.75) is 32.6 Å². The largest absolute Gasteiger partial charge is 0.426 e. The number of primary amides is 1. The minimum Gasteiger partial charge on any atom is -0.426 e. The van der Waals surface area contributed by atoms with Gasteiger partial charge in [0.1, 0.15) is 5.75 Å². The zero-order chi connectivity index (χ0) is 16.3. The first-order valence-electron chi connectivity index (χ1n) is 7.44. The van der Waals surface area contributed by atoms with Gasteiger partial charge in [0.2, 0.25) is 0 Å². The molecular formula is C16H21BrN2O3. The molecule has 1 saturated heterocycles. The van der Waals surface area contributed by atoms with E-state index >= 15 is 0 Å². The number of ether oxygens (including phenoxy) is 1. The van der Waals surface area contributed by atoms with E-state index in [2.05, 4.69) is 29.8 Å². The molecule has 0 aliphatic carbocycles. The maximum Gasteiger partial charge on any atom is 0.316 e. The number of rotatable bonds is 3. The molecule has 1 aliphatic heterocycles. The van der Waals surface area contributed by atoms with Crippen LogP contribution in [0.25, 0.3) is 0 Å². The molecule has 1 aliphatic rings. The van der Waals surface area contributed by atoms with Crippen LogP contribution in [0.3, 0.4) is 0 Å². The molecule has 1 atom stereocenters. The highest BCUT2D eigenvalue weighted by atomic mass is 79.9. The third-order valence-electron chi connectivity index (χ3n) is 3.87. The minimum absolute atomic E-state index is 0.244. The van der Waals surface area contributed by atoms with Crippen LogP contribution in [-0.4, -0.2) is 30.0 Å². The van der Waals surface area contributed by atoms with Crippen molar-refractivity contribution in [2.75, 3.05) is 13.1 Å². The topological polar surface area (TPSA) is 72.6 Å². The van der Waals surface area contributed by atoms with Gasteiger partial charge in [-0.05, 0) is 42.5 Å². The fourth-order valence-corrected chi connectivity index (χ4v) is 3.00. The summed E-state index contributed by atoms with van der Waals surface area (Å²) in [5.74, 6) is 0.216. The number of carbonyl (C=O) groups excluding carboxylic acids is 2. The van der Waals surface area contributed by atoms with Crippen LogP contribution in [0.5, 0.6) is 5.75 Å². The molecule has 1 aromatic rings. The lowest BCUT2D eigenvalue weighted by Crippen LogP contribution is -2.45. The second-order valence-electron chi connectivity index (χ2n) is 5.88. The lowest BCUT2D eigenvalue weighted by molar-refractivity contribution is -0.140. The van der Waals surface area contributed by atoms with Crippen LogP contribution < -0.4 is 10.5 Å². The third kappa shape index (κ3) is 4.00. The van der Waals surface area contributed by atoms with E-state index in [1.807, 2.05) is 12.1 Å². The molecule has 120 valence electrons. The van der Waals surface area contributed by atoms with Crippen LogP contribution in [0, 0.1) is 5.92 Å². The zero-order valence-electron chi connectivity index (χ0n) is 12.8. The molecule has 2 rings (SSSR count). The maximum atomic E-state index is 12.4. The molecular weight excluding hydrogens is 348 g/mol. The summed E-state index contributed by atoms with van der Waals surface area (Å²) in [6.07, 6.45) is 1.48. The maximum absolute atomic E-state index is 12.4. The first-order chi connectivity index (χ1) is 10.4. The van der Waals surface area contributed by atoms with E-state index in [0.717, 1.165) is 22.9 Å². The molecule has 0 spiro atoms. The number of halogens is 1. The number of nitrogens with zero attached hydrogens (tertiary/aromatic N) is 1. The van der Waals surface area contributed by atoms with E-state index in [4.69, 9.17) is 10.5 Å². The summed E-state index contributed by atoms with van der Waals surface area (Å²) in [4.78, 5) is 25.1. The Morgan fingerprint density at radius 2 is 2.14 bits per heavy atom. The first kappa shape index (κ1) is 16.8. The van der Waals surface area contributed by atoms with E-state index in [1.54, 1.807) is 6.07 Å². The van der Waals surface area contributed by atoms with Gasteiger partial charge in [0.15, 0.2) is 0 Å². The Hall–Kier alpha value is -1.56. The van der Waals surface area contributed by atoms with E-state index in [0.29, 0.717) is 18.8 Å². The highest BCUT2D eigenvalue weighted by Crippen LogP contribution is 2.30. The molecule has 2 amide bonds. The number of hydrogen-bond acceptors (Lipinski definition) is 3. The molecule has 1 aromatic carbocycles. The van der Waals surface area contributed by atoms with Gasteiger partial charge in [-0.2, -0.15) is 0 Å². The molecule has 0 bridgehead atoms. The number of carbonyl (C=O) groups is 2. The summed E-state index contributed by atoms with van der Waals surface area (Å²) < 4.78 is 6.54. The van der Waals surface area contributed by atoms with Crippen LogP contribution in [0.15, 0.2) is 22.7 Å². The summed E-state index contributed by atoms with van der Waals surface area (Å²) in [7, 11) is 0. The first-order valence-corrected chi connectivity index (χ1v) is 8.23. The Balaban J connectivity index is 2.10. The average molecular weight is 369 g/mol. The summed E-state index contributed by atoms with van der Waals surface area (Å²) in [5.41, 5.74) is 6.27. The van der Waals surface area contributed by atoms with Crippen LogP contribution in [-0.2, 0) is 4.79 Å². The SMILES string of the molecule is CC(C)c1cc(Br)ccc1OC(=O)[C@H]1CCCN(C(N)=O)C1. The number of urea groups is 1. The molecule has 0 aromatic heterocycles. The van der Waals surface area contributed by atoms with Gasteiger partial charge in [0.05, 0.1) is 5.92 Å². The lowest BCUT2D eigenvalue weighted by Gasteiger charge is -2.30. The van der Waals surface area contributed by atoms with Gasteiger partial charge in [0.25, 0.3) is 0 Å². The van der Waals surface area contributed by atoms with Gasteiger partial charge >= 0.3 is 12.0 Å². The molecule has 0 radical (unpaired) electrons. The summed E-state index contributed by atoms with van der Waals surface area (Å²) in [6, 6.07) is 5.13. The number of benzene rings is 1. The predicted octanol–water partition coefficient (Wildman–Crippen LogP) is 3.27. The summed E-state index contributed by atoms with van der Waals surface area (Å²) in [5, 5.41) is 0. The fraction of sp³-hybridized carbons (Fsp3) is 0.500. The van der Waals surface area contributed by atoms with Crippen molar-refractivity contribution in [3.05, 3.63) is 28.2 Å². The van der Waals surface area contributed by atoms with Crippen molar-refractivity contribution in [3.8, 4) is 5.75 Å². The van der Waals surface area contributed by atoms with Crippen LogP contribution in [0.1, 0.15) is 38.2 Å². The van der Waals surface area contributed by atoms with Gasteiger partial charge in [-0.25, -0.2) is 4.79 Å². The number of piperidine rings is 1. The number of hydrogen-bond donors (Lipinski definition) is 1. The normalized spacial score (nSPS) is 18.4. The fourth-order valence-electron chi connectivity index (χ4n) is 2.62. The number of nitrogens with two attached hydrogens (primary N) is 1. The Morgan fingerprint density at radius 3 is 2.77 bits per heavy atom. The molecule has 1 heterocycles. The smallest absolute Gasteiger partial charge is 0.316 e. The van der Waals surface area contributed by atoms with Crippen molar-refractivity contribution in [3.63, 3.8) is 0 Å². The molecule has 2 N–H and O–H groups in total. The number of esters is 1. The van der Waals surface area contributed by atoms with Gasteiger partial charge in [-0.15, -0.1) is 0 Å². The van der Waals surface area contributed by atoms with Crippen molar-refractivity contribution >= 4 is 27.9 Å². The molecule has 6 heteroatoms. The van der Waals surface area contributed by atoms with Crippen molar-refractivity contribution in [2.24, 2.45) is 11.7 Å². The second-order valence-corrected chi connectivity index (χ2v) is 6.80. The molecule has 1 fully saturated rings. The molecule has 0 saturated carbocycles. The quantitative estimate of drug-likeness (QED) is 0.657. The highest BCUT2D eigenvalue weighted by Gasteiger charge is 2.29. The van der Waals surface area contributed by atoms with Gasteiger partial charge < -0.3 is 15.4 Å². The van der Waals surface area contributed by atoms with E-state index < -0.39 is 6.03 Å². The number of amides is 2. The van der Waals surface area contributed by atoms with Crippen LogP contribution >= 0.6 is 15.9 Å². The van der Waals surface area contributed by atoms with Gasteiger partial charge in [0, 0.05) is 17.6 Å². The van der Waals surface area contributed by atoms with Crippen molar-refractivity contribution < 1.29 is 14.3 Å². The predicted molar refractivity (Wildman–Crippen MR) is 87.7 cm³/mol. The Morgan fingerprint density at radius 1 is 1.41 bits per heavy atom. The lowest BCUT2D eigenvalue weighted by atomic mass is 9.98. The Bertz CT molecular complexity index is 575. The van der Waals surface area contributed by atoms with Crippen LogP contribution in [0.4, 0.5) is 4.79 Å². The van der Waals surface area contributed by atoms with Gasteiger partial charge in [-0.1, -0.05) is 29.8 Å². The Kier molecular flexibility index (Phi) is 5.45. The zero-order valence-corrected chi connectivity index (χ0v) is 14.4. The molecule has 5 nitrogen and oxygen atoms in total. The standard InChI is InChI=1S/C16H21BrN2O3/c1-10(2)13-8-12(17)5-6-14(13)22-15(20)11-4-3-7-19(9-11)16(18)21/h5-6,8,10-11H,3-4,7,9H2,1-2H3,(H2,18,21)/t11-/m0/s1. The third-order valence-corrected chi connectivity index (χ3v) is 4.36. The van der Waals surface area contributed by atoms with Crippen molar-refractivity contribution in [1.82, 2.24) is 4.90 Å². The minimum atomic E-state index is -0.482. The van der Waals surface area contributed by atoms with E-state index in [-0.39, 0.29) is 17.8 Å². The monoisotopic (exact) mass is 368 g/mol. The highest BCUT2D eigenvalue weighted by molar-refractivity contribution is 9.10. The summed E-state index contributed by atoms with van der Waals surface area (Å²) >= 11 is 3.43. The molecule has 22 heavy (non-hydrogen) atoms.